The van der Waals surface area contributed by atoms with Crippen LogP contribution >= 0.6 is 0 Å². The maximum Gasteiger partial charge on any atom is 0.0958 e. The molecule has 64 valence electrons. The molecule has 0 aliphatic heterocycles. The smallest absolute Gasteiger partial charge is 0.0958 e. The van der Waals surface area contributed by atoms with E-state index in [1.165, 1.54) is 6.08 Å². The first-order chi connectivity index (χ1) is 5.16. The number of rotatable bonds is 4. The lowest BCUT2D eigenvalue weighted by Gasteiger charge is -1.95. The minimum atomic E-state index is -0.124. The van der Waals surface area contributed by atoms with Crippen LogP contribution in [-0.2, 0) is 0 Å². The quantitative estimate of drug-likeness (QED) is 0.477. The molecular formula is C8H15NO2. The first-order valence-electron chi connectivity index (χ1n) is 3.67. The second-order valence-electron chi connectivity index (χ2n) is 2.51. The highest BCUT2D eigenvalue weighted by molar-refractivity contribution is 5.60. The summed E-state index contributed by atoms with van der Waals surface area (Å²) in [7, 11) is 0. The molecule has 0 aromatic rings. The molecule has 0 saturated carbocycles. The van der Waals surface area contributed by atoms with E-state index >= 15 is 0 Å². The molecule has 3 heteroatoms. The van der Waals surface area contributed by atoms with Crippen LogP contribution in [0.15, 0.2) is 16.8 Å². The van der Waals surface area contributed by atoms with E-state index in [1.54, 1.807) is 6.21 Å². The Morgan fingerprint density at radius 2 is 2.18 bits per heavy atom. The van der Waals surface area contributed by atoms with Gasteiger partial charge in [0, 0.05) is 18.7 Å². The molecule has 0 radical (unpaired) electrons. The maximum absolute atomic E-state index is 8.97. The van der Waals surface area contributed by atoms with Crippen molar-refractivity contribution in [3.8, 4) is 0 Å². The predicted octanol–water partition coefficient (Wildman–Crippen LogP) is 1.29. The summed E-state index contributed by atoms with van der Waals surface area (Å²) in [5, 5.41) is 17.3. The lowest BCUT2D eigenvalue weighted by molar-refractivity contribution is 0.328. The van der Waals surface area contributed by atoms with E-state index in [0.29, 0.717) is 6.42 Å². The van der Waals surface area contributed by atoms with Crippen LogP contribution in [0, 0.1) is 0 Å². The third-order valence-corrected chi connectivity index (χ3v) is 1.03. The first kappa shape index (κ1) is 10.2. The van der Waals surface area contributed by atoms with Crippen molar-refractivity contribution in [3.63, 3.8) is 0 Å². The summed E-state index contributed by atoms with van der Waals surface area (Å²) in [4.78, 5) is 4.04. The van der Waals surface area contributed by atoms with Crippen molar-refractivity contribution in [1.82, 2.24) is 0 Å². The topological polar surface area (TPSA) is 52.8 Å². The normalized spacial score (nSPS) is 13.3. The van der Waals surface area contributed by atoms with E-state index in [4.69, 9.17) is 10.2 Å². The molecule has 0 heterocycles. The van der Waals surface area contributed by atoms with Crippen molar-refractivity contribution >= 4 is 6.21 Å². The summed E-state index contributed by atoms with van der Waals surface area (Å²) in [6.45, 7) is 3.80. The van der Waals surface area contributed by atoms with Crippen molar-refractivity contribution in [2.24, 2.45) is 4.99 Å². The molecule has 0 spiro atoms. The van der Waals surface area contributed by atoms with Crippen molar-refractivity contribution in [3.05, 3.63) is 11.8 Å². The Morgan fingerprint density at radius 1 is 1.55 bits per heavy atom. The van der Waals surface area contributed by atoms with Gasteiger partial charge in [0.1, 0.15) is 0 Å². The highest BCUT2D eigenvalue weighted by Gasteiger charge is 1.88. The molecule has 0 aromatic carbocycles. The molecule has 0 rings (SSSR count). The summed E-state index contributed by atoms with van der Waals surface area (Å²) in [6, 6.07) is 0.261. The van der Waals surface area contributed by atoms with Crippen LogP contribution in [-0.4, -0.2) is 29.1 Å². The number of aliphatic hydroxyl groups excluding tert-OH is 2. The summed E-state index contributed by atoms with van der Waals surface area (Å²) in [5.74, 6) is 0.164. The van der Waals surface area contributed by atoms with E-state index in [-0.39, 0.29) is 18.4 Å². The van der Waals surface area contributed by atoms with E-state index in [2.05, 4.69) is 4.99 Å². The van der Waals surface area contributed by atoms with Gasteiger partial charge < -0.3 is 10.2 Å². The van der Waals surface area contributed by atoms with Gasteiger partial charge in [-0.25, -0.2) is 0 Å². The highest BCUT2D eigenvalue weighted by Crippen LogP contribution is 1.93. The van der Waals surface area contributed by atoms with Gasteiger partial charge in [0.2, 0.25) is 0 Å². The van der Waals surface area contributed by atoms with Crippen molar-refractivity contribution in [2.75, 3.05) is 6.61 Å². The van der Waals surface area contributed by atoms with Crippen LogP contribution in [0.5, 0.6) is 0 Å². The average Bonchev–Trinajstić information content (AvgIpc) is 1.87. The molecule has 0 aromatic heterocycles. The molecule has 3 nitrogen and oxygen atoms in total. The number of hydrogen-bond acceptors (Lipinski definition) is 3. The van der Waals surface area contributed by atoms with Gasteiger partial charge in [-0.2, -0.15) is 0 Å². The fourth-order valence-electron chi connectivity index (χ4n) is 0.546. The first-order valence-corrected chi connectivity index (χ1v) is 3.67. The summed E-state index contributed by atoms with van der Waals surface area (Å²) < 4.78 is 0. The van der Waals surface area contributed by atoms with Gasteiger partial charge in [-0.1, -0.05) is 0 Å². The van der Waals surface area contributed by atoms with Gasteiger partial charge in [-0.15, -0.1) is 0 Å². The minimum absolute atomic E-state index is 0.124. The largest absolute Gasteiger partial charge is 0.512 e. The minimum Gasteiger partial charge on any atom is -0.512 e. The zero-order valence-electron chi connectivity index (χ0n) is 6.99. The Balaban J connectivity index is 3.61. The molecule has 11 heavy (non-hydrogen) atoms. The molecule has 0 atom stereocenters. The number of allylic oxidation sites excluding steroid dienone is 1. The third kappa shape index (κ3) is 7.06. The number of hydrogen-bond donors (Lipinski definition) is 2. The van der Waals surface area contributed by atoms with Crippen LogP contribution in [0.25, 0.3) is 0 Å². The third-order valence-electron chi connectivity index (χ3n) is 1.03. The van der Waals surface area contributed by atoms with Crippen LogP contribution in [0.3, 0.4) is 0 Å². The summed E-state index contributed by atoms with van der Waals surface area (Å²) in [6.07, 6.45) is 3.40. The molecular weight excluding hydrogens is 142 g/mol. The second kappa shape index (κ2) is 5.92. The second-order valence-corrected chi connectivity index (χ2v) is 2.51. The molecule has 0 aliphatic carbocycles. The fourth-order valence-corrected chi connectivity index (χ4v) is 0.546. The van der Waals surface area contributed by atoms with Crippen molar-refractivity contribution in [2.45, 2.75) is 26.3 Å². The van der Waals surface area contributed by atoms with Gasteiger partial charge in [-0.05, 0) is 19.9 Å². The highest BCUT2D eigenvalue weighted by atomic mass is 16.3. The van der Waals surface area contributed by atoms with E-state index in [9.17, 15) is 0 Å². The molecule has 0 saturated heterocycles. The zero-order chi connectivity index (χ0) is 8.69. The van der Waals surface area contributed by atoms with Crippen LogP contribution in [0.1, 0.15) is 20.3 Å². The molecule has 0 amide bonds. The van der Waals surface area contributed by atoms with Gasteiger partial charge >= 0.3 is 0 Å². The van der Waals surface area contributed by atoms with Crippen molar-refractivity contribution in [1.29, 1.82) is 0 Å². The van der Waals surface area contributed by atoms with E-state index < -0.39 is 0 Å². The standard InChI is InChI=1S/C8H15NO2/c1-7(2)9-5-3-8(11)4-6-10/h4-5,7,10-11H,3,6H2,1-2H3. The molecule has 2 N–H and O–H groups in total. The summed E-state index contributed by atoms with van der Waals surface area (Å²) >= 11 is 0. The molecule has 0 unspecified atom stereocenters. The Hall–Kier alpha value is -0.830. The van der Waals surface area contributed by atoms with E-state index in [0.717, 1.165) is 0 Å². The van der Waals surface area contributed by atoms with Gasteiger partial charge in [0.05, 0.1) is 12.4 Å². The molecule has 0 fully saturated rings. The van der Waals surface area contributed by atoms with Gasteiger partial charge in [0.15, 0.2) is 0 Å². The zero-order valence-corrected chi connectivity index (χ0v) is 6.99. The number of aliphatic hydroxyl groups is 2. The lowest BCUT2D eigenvalue weighted by Crippen LogP contribution is -1.91. The molecule has 0 bridgehead atoms. The number of nitrogens with zero attached hydrogens (tertiary/aromatic N) is 1. The Bertz CT molecular complexity index is 150. The Morgan fingerprint density at radius 3 is 2.64 bits per heavy atom. The predicted molar refractivity (Wildman–Crippen MR) is 46.0 cm³/mol. The lowest BCUT2D eigenvalue weighted by atomic mass is 10.3. The summed E-state index contributed by atoms with van der Waals surface area (Å²) in [5.41, 5.74) is 0. The SMILES string of the molecule is CC(C)N=CCC(O)=CCO. The number of aliphatic imine (C=N–C) groups is 1. The van der Waals surface area contributed by atoms with Gasteiger partial charge in [-0.3, -0.25) is 4.99 Å². The molecule has 0 aliphatic rings. The maximum atomic E-state index is 8.97. The van der Waals surface area contributed by atoms with Crippen molar-refractivity contribution < 1.29 is 10.2 Å². The van der Waals surface area contributed by atoms with E-state index in [1.807, 2.05) is 13.8 Å². The van der Waals surface area contributed by atoms with Gasteiger partial charge in [0.25, 0.3) is 0 Å². The Labute approximate surface area is 67.1 Å². The average molecular weight is 157 g/mol. The van der Waals surface area contributed by atoms with Crippen LogP contribution in [0.2, 0.25) is 0 Å². The van der Waals surface area contributed by atoms with Crippen LogP contribution < -0.4 is 0 Å². The Kier molecular flexibility index (Phi) is 5.47. The monoisotopic (exact) mass is 157 g/mol. The van der Waals surface area contributed by atoms with Crippen LogP contribution in [0.4, 0.5) is 0 Å². The fraction of sp³-hybridized carbons (Fsp3) is 0.625.